The summed E-state index contributed by atoms with van der Waals surface area (Å²) in [5, 5.41) is 6.59. The molecule has 0 radical (unpaired) electrons. The van der Waals surface area contributed by atoms with Crippen molar-refractivity contribution in [2.45, 2.75) is 13.3 Å². The van der Waals surface area contributed by atoms with Crippen LogP contribution in [0.5, 0.6) is 0 Å². The predicted molar refractivity (Wildman–Crippen MR) is 65.1 cm³/mol. The molecule has 0 saturated heterocycles. The van der Waals surface area contributed by atoms with Gasteiger partial charge in [-0.05, 0) is 18.2 Å². The summed E-state index contributed by atoms with van der Waals surface area (Å²) in [6, 6.07) is 6.68. The van der Waals surface area contributed by atoms with Crippen molar-refractivity contribution in [3.05, 3.63) is 29.3 Å². The van der Waals surface area contributed by atoms with E-state index in [2.05, 4.69) is 15.3 Å². The molecule has 0 aliphatic carbocycles. The third-order valence-corrected chi connectivity index (χ3v) is 2.16. The first kappa shape index (κ1) is 12.8. The molecule has 1 N–H and O–H groups in total. The van der Waals surface area contributed by atoms with Crippen LogP contribution in [-0.2, 0) is 4.84 Å². The molecule has 0 bridgehead atoms. The van der Waals surface area contributed by atoms with Crippen LogP contribution in [0.4, 0.5) is 10.5 Å². The van der Waals surface area contributed by atoms with Crippen molar-refractivity contribution in [1.29, 1.82) is 0 Å². The molecule has 1 amide bonds. The lowest BCUT2D eigenvalue weighted by Gasteiger charge is -2.02. The highest BCUT2D eigenvalue weighted by Gasteiger charge is 2.03. The molecule has 0 heterocycles. The molecule has 0 fully saturated rings. The Hall–Kier alpha value is -1.26. The van der Waals surface area contributed by atoms with Gasteiger partial charge in [-0.25, -0.2) is 4.79 Å². The van der Waals surface area contributed by atoms with E-state index < -0.39 is 6.09 Å². The largest absolute Gasteiger partial charge is 0.437 e. The minimum atomic E-state index is -0.714. The standard InChI is InChI=1S/C10H10Cl2N2O2/c1-2-9(12)14-16-10(15)13-8-5-3-4-7(11)6-8/h3-6H,2H2,1H3,(H,13,15). The van der Waals surface area contributed by atoms with Gasteiger partial charge in [0.05, 0.1) is 0 Å². The number of benzene rings is 1. The monoisotopic (exact) mass is 260 g/mol. The fourth-order valence-corrected chi connectivity index (χ4v) is 1.09. The Labute approximate surface area is 103 Å². The van der Waals surface area contributed by atoms with Gasteiger partial charge in [0.25, 0.3) is 0 Å². The summed E-state index contributed by atoms with van der Waals surface area (Å²) < 4.78 is 0. The lowest BCUT2D eigenvalue weighted by molar-refractivity contribution is 0.166. The Kier molecular flexibility index (Phi) is 5.08. The number of anilines is 1. The molecule has 0 aliphatic rings. The zero-order chi connectivity index (χ0) is 12.0. The van der Waals surface area contributed by atoms with E-state index >= 15 is 0 Å². The Morgan fingerprint density at radius 2 is 2.31 bits per heavy atom. The van der Waals surface area contributed by atoms with Gasteiger partial charge in [0.15, 0.2) is 0 Å². The molecule has 86 valence electrons. The number of hydrogen-bond acceptors (Lipinski definition) is 3. The van der Waals surface area contributed by atoms with Gasteiger partial charge < -0.3 is 0 Å². The van der Waals surface area contributed by atoms with E-state index in [9.17, 15) is 4.79 Å². The fraction of sp³-hybridized carbons (Fsp3) is 0.200. The highest BCUT2D eigenvalue weighted by Crippen LogP contribution is 2.14. The topological polar surface area (TPSA) is 50.7 Å². The number of amides is 1. The minimum Gasteiger partial charge on any atom is -0.297 e. The number of oxime groups is 1. The molecule has 0 unspecified atom stereocenters. The van der Waals surface area contributed by atoms with Crippen LogP contribution in [0.2, 0.25) is 5.02 Å². The van der Waals surface area contributed by atoms with Crippen LogP contribution in [0, 0.1) is 0 Å². The van der Waals surface area contributed by atoms with Crippen molar-refractivity contribution in [3.8, 4) is 0 Å². The zero-order valence-electron chi connectivity index (χ0n) is 8.54. The Morgan fingerprint density at radius 1 is 1.56 bits per heavy atom. The fourth-order valence-electron chi connectivity index (χ4n) is 0.862. The summed E-state index contributed by atoms with van der Waals surface area (Å²) in [5.74, 6) is 0. The second kappa shape index (κ2) is 6.35. The summed E-state index contributed by atoms with van der Waals surface area (Å²) in [4.78, 5) is 15.7. The summed E-state index contributed by atoms with van der Waals surface area (Å²) in [6.07, 6.45) is -0.208. The van der Waals surface area contributed by atoms with E-state index in [1.54, 1.807) is 31.2 Å². The lowest BCUT2D eigenvalue weighted by atomic mass is 10.3. The van der Waals surface area contributed by atoms with Crippen molar-refractivity contribution in [2.24, 2.45) is 5.16 Å². The second-order valence-corrected chi connectivity index (χ2v) is 3.71. The number of carbonyl (C=O) groups is 1. The average Bonchev–Trinajstić information content (AvgIpc) is 2.26. The molecule has 1 aromatic rings. The quantitative estimate of drug-likeness (QED) is 0.510. The SMILES string of the molecule is CCC(Cl)=NOC(=O)Nc1cccc(Cl)c1. The molecule has 6 heteroatoms. The summed E-state index contributed by atoms with van der Waals surface area (Å²) in [5.41, 5.74) is 0.528. The van der Waals surface area contributed by atoms with E-state index in [-0.39, 0.29) is 5.17 Å². The predicted octanol–water partition coefficient (Wildman–Crippen LogP) is 3.85. The number of nitrogens with zero attached hydrogens (tertiary/aromatic N) is 1. The van der Waals surface area contributed by atoms with Crippen LogP contribution in [0.15, 0.2) is 29.4 Å². The van der Waals surface area contributed by atoms with E-state index in [1.165, 1.54) is 0 Å². The van der Waals surface area contributed by atoms with Crippen LogP contribution in [0.1, 0.15) is 13.3 Å². The highest BCUT2D eigenvalue weighted by atomic mass is 35.5. The highest BCUT2D eigenvalue weighted by molar-refractivity contribution is 6.65. The Morgan fingerprint density at radius 3 is 2.94 bits per heavy atom. The van der Waals surface area contributed by atoms with E-state index in [0.29, 0.717) is 17.1 Å². The summed E-state index contributed by atoms with van der Waals surface area (Å²) in [7, 11) is 0. The molecule has 1 rings (SSSR count). The van der Waals surface area contributed by atoms with Gasteiger partial charge in [-0.1, -0.05) is 41.3 Å². The number of rotatable bonds is 3. The van der Waals surface area contributed by atoms with Crippen LogP contribution in [0.25, 0.3) is 0 Å². The van der Waals surface area contributed by atoms with Gasteiger partial charge in [0.2, 0.25) is 0 Å². The van der Waals surface area contributed by atoms with Crippen molar-refractivity contribution in [2.75, 3.05) is 5.32 Å². The smallest absolute Gasteiger partial charge is 0.297 e. The van der Waals surface area contributed by atoms with Crippen LogP contribution in [0.3, 0.4) is 0 Å². The van der Waals surface area contributed by atoms with Gasteiger partial charge in [-0.15, -0.1) is 0 Å². The molecular formula is C10H10Cl2N2O2. The molecule has 0 aromatic heterocycles. The average molecular weight is 261 g/mol. The van der Waals surface area contributed by atoms with Crippen LogP contribution in [-0.4, -0.2) is 11.3 Å². The third kappa shape index (κ3) is 4.51. The summed E-state index contributed by atoms with van der Waals surface area (Å²) >= 11 is 11.3. The maximum atomic E-state index is 11.2. The van der Waals surface area contributed by atoms with Crippen molar-refractivity contribution in [1.82, 2.24) is 0 Å². The molecule has 1 aromatic carbocycles. The van der Waals surface area contributed by atoms with Crippen molar-refractivity contribution >= 4 is 40.2 Å². The van der Waals surface area contributed by atoms with Gasteiger partial charge in [-0.3, -0.25) is 10.2 Å². The molecule has 16 heavy (non-hydrogen) atoms. The Bertz CT molecular complexity index is 408. The maximum Gasteiger partial charge on any atom is 0.437 e. The van der Waals surface area contributed by atoms with Gasteiger partial charge in [0.1, 0.15) is 5.17 Å². The second-order valence-electron chi connectivity index (χ2n) is 2.84. The lowest BCUT2D eigenvalue weighted by Crippen LogP contribution is -2.11. The Balaban J connectivity index is 2.52. The van der Waals surface area contributed by atoms with Crippen LogP contribution >= 0.6 is 23.2 Å². The number of carbonyl (C=O) groups excluding carboxylic acids is 1. The van der Waals surface area contributed by atoms with E-state index in [1.807, 2.05) is 0 Å². The third-order valence-electron chi connectivity index (χ3n) is 1.59. The number of nitrogens with one attached hydrogen (secondary N) is 1. The maximum absolute atomic E-state index is 11.2. The minimum absolute atomic E-state index is 0.223. The normalized spacial score (nSPS) is 11.1. The van der Waals surface area contributed by atoms with E-state index in [0.717, 1.165) is 0 Å². The molecular weight excluding hydrogens is 251 g/mol. The van der Waals surface area contributed by atoms with Crippen molar-refractivity contribution in [3.63, 3.8) is 0 Å². The molecule has 0 saturated carbocycles. The first-order valence-electron chi connectivity index (χ1n) is 4.57. The number of hydrogen-bond donors (Lipinski definition) is 1. The number of halogens is 2. The van der Waals surface area contributed by atoms with Gasteiger partial charge in [-0.2, -0.15) is 0 Å². The molecule has 0 spiro atoms. The zero-order valence-corrected chi connectivity index (χ0v) is 10.0. The first-order valence-corrected chi connectivity index (χ1v) is 5.33. The van der Waals surface area contributed by atoms with Crippen molar-refractivity contribution < 1.29 is 9.63 Å². The molecule has 0 aliphatic heterocycles. The molecule has 4 nitrogen and oxygen atoms in total. The summed E-state index contributed by atoms with van der Waals surface area (Å²) in [6.45, 7) is 1.80. The molecule has 0 atom stereocenters. The van der Waals surface area contributed by atoms with Gasteiger partial charge >= 0.3 is 6.09 Å². The van der Waals surface area contributed by atoms with Crippen LogP contribution < -0.4 is 5.32 Å². The first-order chi connectivity index (χ1) is 7.61. The van der Waals surface area contributed by atoms with Gasteiger partial charge in [0, 0.05) is 17.1 Å². The van der Waals surface area contributed by atoms with E-state index in [4.69, 9.17) is 23.2 Å².